The Balaban J connectivity index is 2.50. The number of ketones is 1. The van der Waals surface area contributed by atoms with E-state index in [9.17, 15) is 25.0 Å². The van der Waals surface area contributed by atoms with Crippen molar-refractivity contribution in [3.63, 3.8) is 0 Å². The minimum atomic E-state index is -0.717. The molecule has 2 rings (SSSR count). The van der Waals surface area contributed by atoms with Gasteiger partial charge in [0.1, 0.15) is 20.6 Å². The first kappa shape index (κ1) is 18.9. The standard InChI is InChI=1S/C15H6N4O5S2/c16-7-25-13-3-1-9(5-11(13)18(21)22)15(20)10-2-4-14(26-8-17)12(6-10)19(23)24/h1-6H. The number of thiocyanates is 2. The zero-order chi connectivity index (χ0) is 19.3. The molecule has 0 N–H and O–H groups in total. The number of carbonyl (C=O) groups is 1. The molecule has 9 nitrogen and oxygen atoms in total. The fraction of sp³-hybridized carbons (Fsp3) is 0. The molecule has 0 atom stereocenters. The first-order valence-electron chi connectivity index (χ1n) is 6.62. The molecule has 0 aromatic heterocycles. The Hall–Kier alpha value is -3.41. The summed E-state index contributed by atoms with van der Waals surface area (Å²) in [5, 5.41) is 43.0. The smallest absolute Gasteiger partial charge is 0.284 e. The second kappa shape index (κ2) is 8.11. The molecule has 0 fully saturated rings. The molecule has 11 heteroatoms. The van der Waals surface area contributed by atoms with Crippen molar-refractivity contribution in [1.82, 2.24) is 0 Å². The van der Waals surface area contributed by atoms with E-state index in [2.05, 4.69) is 0 Å². The molecule has 128 valence electrons. The summed E-state index contributed by atoms with van der Waals surface area (Å²) in [6, 6.07) is 7.19. The van der Waals surface area contributed by atoms with E-state index >= 15 is 0 Å². The van der Waals surface area contributed by atoms with Gasteiger partial charge >= 0.3 is 0 Å². The van der Waals surface area contributed by atoms with Crippen molar-refractivity contribution in [1.29, 1.82) is 10.5 Å². The molecule has 0 heterocycles. The molecule has 0 aliphatic carbocycles. The van der Waals surface area contributed by atoms with Gasteiger partial charge in [-0.15, -0.1) is 0 Å². The van der Waals surface area contributed by atoms with Gasteiger partial charge in [0.15, 0.2) is 5.78 Å². The van der Waals surface area contributed by atoms with Crippen LogP contribution in [0.4, 0.5) is 11.4 Å². The Morgan fingerprint density at radius 3 is 1.54 bits per heavy atom. The van der Waals surface area contributed by atoms with Crippen LogP contribution in [-0.4, -0.2) is 15.6 Å². The first-order valence-corrected chi connectivity index (χ1v) is 8.25. The van der Waals surface area contributed by atoms with Crippen LogP contribution in [0.25, 0.3) is 0 Å². The highest BCUT2D eigenvalue weighted by Crippen LogP contribution is 2.32. The molecular formula is C15H6N4O5S2. The second-order valence-corrected chi connectivity index (χ2v) is 6.25. The molecule has 0 amide bonds. The number of nitro benzene ring substituents is 2. The molecule has 0 aliphatic heterocycles. The number of nitriles is 2. The molecule has 0 radical (unpaired) electrons. The SMILES string of the molecule is N#CSc1ccc(C(=O)c2ccc(SC#N)c([N+](=O)[O-])c2)cc1[N+](=O)[O-]. The Labute approximate surface area is 154 Å². The van der Waals surface area contributed by atoms with Gasteiger partial charge in [0.2, 0.25) is 0 Å². The molecule has 0 bridgehead atoms. The summed E-state index contributed by atoms with van der Waals surface area (Å²) >= 11 is 1.18. The van der Waals surface area contributed by atoms with E-state index in [1.54, 1.807) is 10.8 Å². The lowest BCUT2D eigenvalue weighted by molar-refractivity contribution is -0.387. The number of hydrogen-bond donors (Lipinski definition) is 0. The van der Waals surface area contributed by atoms with Gasteiger partial charge in [-0.1, -0.05) is 0 Å². The summed E-state index contributed by atoms with van der Waals surface area (Å²) in [7, 11) is 0. The maximum Gasteiger partial charge on any atom is 0.284 e. The lowest BCUT2D eigenvalue weighted by Gasteiger charge is -2.05. The van der Waals surface area contributed by atoms with Crippen LogP contribution in [0.3, 0.4) is 0 Å². The highest BCUT2D eigenvalue weighted by molar-refractivity contribution is 8.04. The van der Waals surface area contributed by atoms with Crippen molar-refractivity contribution in [3.8, 4) is 10.8 Å². The Bertz CT molecular complexity index is 931. The minimum Gasteiger partial charge on any atom is -0.289 e. The van der Waals surface area contributed by atoms with Gasteiger partial charge in [-0.2, -0.15) is 10.5 Å². The second-order valence-electron chi connectivity index (χ2n) is 4.60. The third-order valence-electron chi connectivity index (χ3n) is 3.15. The van der Waals surface area contributed by atoms with Crippen LogP contribution in [0, 0.1) is 41.6 Å². The van der Waals surface area contributed by atoms with Crippen molar-refractivity contribution in [2.24, 2.45) is 0 Å². The summed E-state index contributed by atoms with van der Waals surface area (Å²) in [5.74, 6) is -0.654. The number of carbonyl (C=O) groups excluding carboxylic acids is 1. The zero-order valence-corrected chi connectivity index (χ0v) is 14.2. The van der Waals surface area contributed by atoms with Crippen molar-refractivity contribution < 1.29 is 14.6 Å². The maximum absolute atomic E-state index is 12.5. The number of rotatable bonds is 6. The molecular weight excluding hydrogens is 380 g/mol. The van der Waals surface area contributed by atoms with Gasteiger partial charge in [-0.3, -0.25) is 25.0 Å². The van der Waals surface area contributed by atoms with E-state index in [4.69, 9.17) is 10.5 Å². The van der Waals surface area contributed by atoms with E-state index in [0.717, 1.165) is 12.1 Å². The summed E-state index contributed by atoms with van der Waals surface area (Å²) < 4.78 is 0. The third-order valence-corrected chi connectivity index (χ3v) is 4.46. The average molecular weight is 386 g/mol. The largest absolute Gasteiger partial charge is 0.289 e. The lowest BCUT2D eigenvalue weighted by Crippen LogP contribution is -2.04. The highest BCUT2D eigenvalue weighted by atomic mass is 32.2. The Morgan fingerprint density at radius 2 is 1.23 bits per heavy atom. The lowest BCUT2D eigenvalue weighted by atomic mass is 10.0. The van der Waals surface area contributed by atoms with Gasteiger partial charge in [0, 0.05) is 23.3 Å². The van der Waals surface area contributed by atoms with Gasteiger partial charge in [-0.05, 0) is 47.8 Å². The number of thioether (sulfide) groups is 2. The Kier molecular flexibility index (Phi) is 5.90. The van der Waals surface area contributed by atoms with Crippen LogP contribution >= 0.6 is 23.5 Å². The first-order chi connectivity index (χ1) is 12.4. The fourth-order valence-electron chi connectivity index (χ4n) is 2.04. The van der Waals surface area contributed by atoms with E-state index in [0.29, 0.717) is 23.5 Å². The van der Waals surface area contributed by atoms with Crippen molar-refractivity contribution in [2.45, 2.75) is 9.79 Å². The fourth-order valence-corrected chi connectivity index (χ4v) is 2.99. The maximum atomic E-state index is 12.5. The minimum absolute atomic E-state index is 0.0472. The van der Waals surface area contributed by atoms with Gasteiger partial charge in [0.25, 0.3) is 11.4 Å². The number of nitrogens with zero attached hydrogens (tertiary/aromatic N) is 4. The predicted molar refractivity (Wildman–Crippen MR) is 92.6 cm³/mol. The molecule has 0 spiro atoms. The molecule has 0 unspecified atom stereocenters. The average Bonchev–Trinajstić information content (AvgIpc) is 2.62. The van der Waals surface area contributed by atoms with Gasteiger partial charge < -0.3 is 0 Å². The monoisotopic (exact) mass is 386 g/mol. The molecule has 2 aromatic rings. The number of nitro groups is 2. The Morgan fingerprint density at radius 1 is 0.846 bits per heavy atom. The predicted octanol–water partition coefficient (Wildman–Crippen LogP) is 3.88. The van der Waals surface area contributed by atoms with E-state index in [1.165, 1.54) is 24.3 Å². The normalized spacial score (nSPS) is 9.77. The quantitative estimate of drug-likeness (QED) is 0.237. The summed E-state index contributed by atoms with van der Waals surface area (Å²) in [6.07, 6.45) is 0. The number of benzene rings is 2. The van der Waals surface area contributed by atoms with E-state index < -0.39 is 27.0 Å². The van der Waals surface area contributed by atoms with Crippen LogP contribution in [0.2, 0.25) is 0 Å². The van der Waals surface area contributed by atoms with E-state index in [-0.39, 0.29) is 20.9 Å². The zero-order valence-electron chi connectivity index (χ0n) is 12.6. The van der Waals surface area contributed by atoms with Gasteiger partial charge in [0.05, 0.1) is 9.85 Å². The topological polar surface area (TPSA) is 151 Å². The van der Waals surface area contributed by atoms with Crippen LogP contribution in [0.15, 0.2) is 46.2 Å². The highest BCUT2D eigenvalue weighted by Gasteiger charge is 2.22. The van der Waals surface area contributed by atoms with Crippen molar-refractivity contribution >= 4 is 40.7 Å². The summed E-state index contributed by atoms with van der Waals surface area (Å²) in [6.45, 7) is 0. The van der Waals surface area contributed by atoms with E-state index in [1.807, 2.05) is 0 Å². The van der Waals surface area contributed by atoms with Crippen molar-refractivity contribution in [3.05, 3.63) is 67.8 Å². The molecule has 0 saturated heterocycles. The van der Waals surface area contributed by atoms with Crippen LogP contribution in [-0.2, 0) is 0 Å². The molecule has 0 saturated carbocycles. The van der Waals surface area contributed by atoms with Crippen LogP contribution < -0.4 is 0 Å². The third kappa shape index (κ3) is 3.97. The summed E-state index contributed by atoms with van der Waals surface area (Å²) in [5.41, 5.74) is -0.912. The summed E-state index contributed by atoms with van der Waals surface area (Å²) in [4.78, 5) is 33.5. The molecule has 0 aliphatic rings. The number of hydrogen-bond acceptors (Lipinski definition) is 9. The molecule has 26 heavy (non-hydrogen) atoms. The van der Waals surface area contributed by atoms with Crippen LogP contribution in [0.1, 0.15) is 15.9 Å². The van der Waals surface area contributed by atoms with Crippen molar-refractivity contribution in [2.75, 3.05) is 0 Å². The van der Waals surface area contributed by atoms with Gasteiger partial charge in [-0.25, -0.2) is 0 Å². The van der Waals surface area contributed by atoms with Crippen LogP contribution in [0.5, 0.6) is 0 Å². The molecule has 2 aromatic carbocycles.